The zero-order valence-corrected chi connectivity index (χ0v) is 18.7. The third kappa shape index (κ3) is 4.46. The van der Waals surface area contributed by atoms with Gasteiger partial charge < -0.3 is 9.15 Å². The molecule has 1 aliphatic carbocycles. The van der Waals surface area contributed by atoms with Crippen LogP contribution in [0.2, 0.25) is 0 Å². The second-order valence-electron chi connectivity index (χ2n) is 8.34. The lowest BCUT2D eigenvalue weighted by atomic mass is 9.88. The van der Waals surface area contributed by atoms with Gasteiger partial charge in [0.2, 0.25) is 0 Å². The highest BCUT2D eigenvalue weighted by molar-refractivity contribution is 5.79. The Kier molecular flexibility index (Phi) is 6.07. The van der Waals surface area contributed by atoms with E-state index in [2.05, 4.69) is 5.10 Å². The predicted molar refractivity (Wildman–Crippen MR) is 130 cm³/mol. The average Bonchev–Trinajstić information content (AvgIpc) is 3.34. The molecule has 4 aromatic rings. The fourth-order valence-corrected chi connectivity index (χ4v) is 4.45. The second kappa shape index (κ2) is 9.45. The number of ether oxygens (including phenoxy) is 1. The number of nitrogens with zero attached hydrogens (tertiary/aromatic N) is 3. The summed E-state index contributed by atoms with van der Waals surface area (Å²) in [5.41, 5.74) is 1.53. The maximum atomic E-state index is 13.3. The van der Waals surface area contributed by atoms with E-state index in [-0.39, 0.29) is 11.5 Å². The third-order valence-electron chi connectivity index (χ3n) is 6.13. The summed E-state index contributed by atoms with van der Waals surface area (Å²) in [6.07, 6.45) is 7.20. The van der Waals surface area contributed by atoms with E-state index in [1.807, 2.05) is 61.5 Å². The maximum Gasteiger partial charge on any atom is 0.282 e. The van der Waals surface area contributed by atoms with Crippen LogP contribution in [0, 0.1) is 0 Å². The van der Waals surface area contributed by atoms with Gasteiger partial charge in [0.25, 0.3) is 5.56 Å². The van der Waals surface area contributed by atoms with Crippen molar-refractivity contribution in [1.82, 2.24) is 9.66 Å². The van der Waals surface area contributed by atoms with Crippen molar-refractivity contribution >= 4 is 17.1 Å². The highest BCUT2D eigenvalue weighted by Crippen LogP contribution is 2.32. The van der Waals surface area contributed by atoms with Crippen LogP contribution in [0.5, 0.6) is 5.75 Å². The molecular weight excluding hydrogens is 414 g/mol. The van der Waals surface area contributed by atoms with E-state index in [9.17, 15) is 4.79 Å². The molecule has 0 unspecified atom stereocenters. The number of rotatable bonds is 6. The third-order valence-corrected chi connectivity index (χ3v) is 6.13. The number of para-hydroxylation sites is 1. The van der Waals surface area contributed by atoms with E-state index in [1.54, 1.807) is 12.3 Å². The van der Waals surface area contributed by atoms with Crippen molar-refractivity contribution in [1.29, 1.82) is 0 Å². The number of furan rings is 1. The van der Waals surface area contributed by atoms with Gasteiger partial charge in [-0.15, -0.1) is 0 Å². The Balaban J connectivity index is 1.48. The SMILES string of the molecule is CCOc1ccc(-c2ccc(C=Nn3c(C4CCCCC4)nc4ccccc4c3=O)o2)cc1. The van der Waals surface area contributed by atoms with Gasteiger partial charge in [-0.3, -0.25) is 4.79 Å². The van der Waals surface area contributed by atoms with E-state index in [4.69, 9.17) is 14.1 Å². The zero-order chi connectivity index (χ0) is 22.6. The van der Waals surface area contributed by atoms with Crippen LogP contribution < -0.4 is 10.3 Å². The van der Waals surface area contributed by atoms with Crippen LogP contribution in [-0.4, -0.2) is 22.5 Å². The molecular formula is C27H27N3O3. The lowest BCUT2D eigenvalue weighted by Gasteiger charge is -2.22. The standard InChI is InChI=1S/C27H27N3O3/c1-2-32-21-14-12-19(13-15-21)25-17-16-22(33-25)18-28-30-26(20-8-4-3-5-9-20)29-24-11-7-6-10-23(24)27(30)31/h6-7,10-18,20H,2-5,8-9H2,1H3. The van der Waals surface area contributed by atoms with E-state index in [0.717, 1.165) is 54.1 Å². The van der Waals surface area contributed by atoms with Crippen LogP contribution in [0.3, 0.4) is 0 Å². The van der Waals surface area contributed by atoms with Crippen molar-refractivity contribution in [3.63, 3.8) is 0 Å². The van der Waals surface area contributed by atoms with Crippen LogP contribution >= 0.6 is 0 Å². The molecule has 0 bridgehead atoms. The zero-order valence-electron chi connectivity index (χ0n) is 18.7. The van der Waals surface area contributed by atoms with E-state index < -0.39 is 0 Å². The number of fused-ring (bicyclic) bond motifs is 1. The fraction of sp³-hybridized carbons (Fsp3) is 0.296. The summed E-state index contributed by atoms with van der Waals surface area (Å²) < 4.78 is 12.9. The van der Waals surface area contributed by atoms with Gasteiger partial charge in [-0.2, -0.15) is 9.78 Å². The first-order valence-electron chi connectivity index (χ1n) is 11.6. The van der Waals surface area contributed by atoms with Gasteiger partial charge >= 0.3 is 0 Å². The summed E-state index contributed by atoms with van der Waals surface area (Å²) in [4.78, 5) is 18.1. The predicted octanol–water partition coefficient (Wildman–Crippen LogP) is 5.99. The molecule has 6 nitrogen and oxygen atoms in total. The van der Waals surface area contributed by atoms with Crippen molar-refractivity contribution in [3.05, 3.63) is 82.6 Å². The monoisotopic (exact) mass is 441 g/mol. The van der Waals surface area contributed by atoms with Crippen molar-refractivity contribution < 1.29 is 9.15 Å². The van der Waals surface area contributed by atoms with Gasteiger partial charge in [0.15, 0.2) is 0 Å². The van der Waals surface area contributed by atoms with Gasteiger partial charge in [-0.05, 0) is 68.3 Å². The minimum atomic E-state index is -0.143. The molecule has 0 spiro atoms. The number of aromatic nitrogens is 2. The Bertz CT molecular complexity index is 1330. The molecule has 0 N–H and O–H groups in total. The molecule has 5 rings (SSSR count). The Morgan fingerprint density at radius 2 is 1.85 bits per heavy atom. The first-order valence-corrected chi connectivity index (χ1v) is 11.6. The van der Waals surface area contributed by atoms with Crippen molar-refractivity contribution in [2.24, 2.45) is 5.10 Å². The van der Waals surface area contributed by atoms with E-state index >= 15 is 0 Å². The quantitative estimate of drug-likeness (QED) is 0.345. The topological polar surface area (TPSA) is 69.6 Å². The molecule has 6 heteroatoms. The summed E-state index contributed by atoms with van der Waals surface area (Å²) in [7, 11) is 0. The second-order valence-corrected chi connectivity index (χ2v) is 8.34. The average molecular weight is 442 g/mol. The van der Waals surface area contributed by atoms with Gasteiger partial charge in [0, 0.05) is 11.5 Å². The molecule has 0 aliphatic heterocycles. The maximum absolute atomic E-state index is 13.3. The minimum Gasteiger partial charge on any atom is -0.494 e. The van der Waals surface area contributed by atoms with Crippen molar-refractivity contribution in [2.75, 3.05) is 6.61 Å². The Morgan fingerprint density at radius 1 is 1.06 bits per heavy atom. The lowest BCUT2D eigenvalue weighted by Crippen LogP contribution is -2.25. The molecule has 2 heterocycles. The molecule has 1 fully saturated rings. The Hall–Kier alpha value is -3.67. The van der Waals surface area contributed by atoms with Crippen LogP contribution in [0.1, 0.15) is 56.5 Å². The molecule has 0 atom stereocenters. The minimum absolute atomic E-state index is 0.143. The first-order chi connectivity index (χ1) is 16.2. The normalized spacial score (nSPS) is 14.8. The summed E-state index contributed by atoms with van der Waals surface area (Å²) in [5, 5.41) is 5.12. The smallest absolute Gasteiger partial charge is 0.282 e. The molecule has 0 amide bonds. The van der Waals surface area contributed by atoms with Gasteiger partial charge in [-0.1, -0.05) is 31.4 Å². The largest absolute Gasteiger partial charge is 0.494 e. The number of benzene rings is 2. The van der Waals surface area contributed by atoms with E-state index in [0.29, 0.717) is 17.8 Å². The molecule has 0 radical (unpaired) electrons. The lowest BCUT2D eigenvalue weighted by molar-refractivity contribution is 0.340. The molecule has 168 valence electrons. The van der Waals surface area contributed by atoms with Gasteiger partial charge in [0.1, 0.15) is 23.1 Å². The summed E-state index contributed by atoms with van der Waals surface area (Å²) in [5.74, 6) is 3.12. The fourth-order valence-electron chi connectivity index (χ4n) is 4.45. The van der Waals surface area contributed by atoms with Gasteiger partial charge in [0.05, 0.1) is 23.7 Å². The van der Waals surface area contributed by atoms with E-state index in [1.165, 1.54) is 11.1 Å². The van der Waals surface area contributed by atoms with Crippen molar-refractivity contribution in [2.45, 2.75) is 44.9 Å². The molecule has 2 aromatic heterocycles. The highest BCUT2D eigenvalue weighted by atomic mass is 16.5. The summed E-state index contributed by atoms with van der Waals surface area (Å²) in [6.45, 7) is 2.59. The molecule has 2 aromatic carbocycles. The van der Waals surface area contributed by atoms with Crippen LogP contribution in [0.15, 0.2) is 75.0 Å². The van der Waals surface area contributed by atoms with Crippen molar-refractivity contribution in [3.8, 4) is 17.1 Å². The molecule has 1 saturated carbocycles. The highest BCUT2D eigenvalue weighted by Gasteiger charge is 2.22. The Labute approximate surface area is 192 Å². The first kappa shape index (κ1) is 21.2. The summed E-state index contributed by atoms with van der Waals surface area (Å²) >= 11 is 0. The van der Waals surface area contributed by atoms with Crippen LogP contribution in [0.4, 0.5) is 0 Å². The molecule has 33 heavy (non-hydrogen) atoms. The van der Waals surface area contributed by atoms with Gasteiger partial charge in [-0.25, -0.2) is 4.98 Å². The summed E-state index contributed by atoms with van der Waals surface area (Å²) in [6, 6.07) is 19.0. The molecule has 0 saturated heterocycles. The molecule has 1 aliphatic rings. The number of hydrogen-bond acceptors (Lipinski definition) is 5. The Morgan fingerprint density at radius 3 is 2.64 bits per heavy atom. The number of hydrogen-bond donors (Lipinski definition) is 0. The van der Waals surface area contributed by atoms with Crippen LogP contribution in [-0.2, 0) is 0 Å². The van der Waals surface area contributed by atoms with Crippen LogP contribution in [0.25, 0.3) is 22.2 Å².